The molecule has 1 N–H and O–H groups in total. The van der Waals surface area contributed by atoms with Gasteiger partial charge in [0.2, 0.25) is 0 Å². The zero-order valence-electron chi connectivity index (χ0n) is 19.4. The molecule has 0 aliphatic heterocycles. The largest absolute Gasteiger partial charge is 0.387 e. The van der Waals surface area contributed by atoms with Crippen LogP contribution in [0.1, 0.15) is 62.5 Å². The Labute approximate surface area is 194 Å². The fraction of sp³-hybridized carbons (Fsp3) is 0.536. The second-order valence-electron chi connectivity index (χ2n) is 10.9. The second kappa shape index (κ2) is 7.92. The van der Waals surface area contributed by atoms with E-state index in [-0.39, 0.29) is 11.2 Å². The third-order valence-electron chi connectivity index (χ3n) is 8.61. The number of hydrogen-bond acceptors (Lipinski definition) is 3. The molecule has 2 saturated carbocycles. The molecule has 1 aromatic heterocycles. The van der Waals surface area contributed by atoms with Crippen LogP contribution in [0.25, 0.3) is 16.6 Å². The van der Waals surface area contributed by atoms with Crippen molar-refractivity contribution in [2.75, 3.05) is 13.7 Å². The molecular formula is C28H33FN2O2. The van der Waals surface area contributed by atoms with Crippen molar-refractivity contribution in [2.45, 2.75) is 68.8 Å². The maximum atomic E-state index is 13.5. The molecule has 0 bridgehead atoms. The highest BCUT2D eigenvalue weighted by Gasteiger charge is 2.52. The van der Waals surface area contributed by atoms with E-state index in [0.717, 1.165) is 61.0 Å². The van der Waals surface area contributed by atoms with Crippen molar-refractivity contribution in [1.29, 1.82) is 0 Å². The quantitative estimate of drug-likeness (QED) is 0.543. The van der Waals surface area contributed by atoms with Gasteiger partial charge in [0.15, 0.2) is 0 Å². The smallest absolute Gasteiger partial charge is 0.123 e. The van der Waals surface area contributed by atoms with E-state index in [4.69, 9.17) is 4.74 Å². The minimum atomic E-state index is -0.700. The van der Waals surface area contributed by atoms with Crippen LogP contribution in [0.4, 0.5) is 4.39 Å². The molecule has 0 saturated heterocycles. The van der Waals surface area contributed by atoms with Crippen LogP contribution >= 0.6 is 0 Å². The molecule has 0 radical (unpaired) electrons. The molecule has 0 spiro atoms. The average molecular weight is 449 g/mol. The topological polar surface area (TPSA) is 47.3 Å². The summed E-state index contributed by atoms with van der Waals surface area (Å²) in [5.41, 5.74) is 4.35. The van der Waals surface area contributed by atoms with Crippen molar-refractivity contribution in [3.05, 3.63) is 59.5 Å². The number of fused-ring (bicyclic) bond motifs is 4. The maximum Gasteiger partial charge on any atom is 0.123 e. The van der Waals surface area contributed by atoms with Gasteiger partial charge in [-0.2, -0.15) is 5.10 Å². The fourth-order valence-corrected chi connectivity index (χ4v) is 6.88. The number of rotatable bonds is 5. The highest BCUT2D eigenvalue weighted by atomic mass is 19.1. The molecule has 3 atom stereocenters. The maximum absolute atomic E-state index is 13.5. The molecule has 5 heteroatoms. The van der Waals surface area contributed by atoms with Crippen LogP contribution in [0.15, 0.2) is 42.6 Å². The van der Waals surface area contributed by atoms with Crippen LogP contribution < -0.4 is 0 Å². The molecule has 3 aliphatic carbocycles. The van der Waals surface area contributed by atoms with Gasteiger partial charge >= 0.3 is 0 Å². The first-order valence-corrected chi connectivity index (χ1v) is 12.5. The third kappa shape index (κ3) is 3.70. The molecule has 2 aromatic carbocycles. The first kappa shape index (κ1) is 21.3. The van der Waals surface area contributed by atoms with Crippen molar-refractivity contribution >= 4 is 10.9 Å². The van der Waals surface area contributed by atoms with Gasteiger partial charge in [0.25, 0.3) is 0 Å². The van der Waals surface area contributed by atoms with Gasteiger partial charge in [-0.3, -0.25) is 0 Å². The molecule has 1 heterocycles. The van der Waals surface area contributed by atoms with Gasteiger partial charge in [0, 0.05) is 12.5 Å². The first-order chi connectivity index (χ1) is 16.0. The molecular weight excluding hydrogens is 415 g/mol. The van der Waals surface area contributed by atoms with E-state index in [1.54, 1.807) is 19.2 Å². The normalized spacial score (nSPS) is 29.5. The number of nitrogens with zero attached hydrogens (tertiary/aromatic N) is 2. The van der Waals surface area contributed by atoms with E-state index in [2.05, 4.69) is 17.2 Å². The van der Waals surface area contributed by atoms with E-state index < -0.39 is 5.60 Å². The molecule has 0 unspecified atom stereocenters. The van der Waals surface area contributed by atoms with Gasteiger partial charge < -0.3 is 9.84 Å². The van der Waals surface area contributed by atoms with Gasteiger partial charge in [-0.25, -0.2) is 9.07 Å². The molecule has 0 amide bonds. The summed E-state index contributed by atoms with van der Waals surface area (Å²) in [7, 11) is 1.70. The summed E-state index contributed by atoms with van der Waals surface area (Å²) in [6, 6.07) is 11.3. The predicted octanol–water partition coefficient (Wildman–Crippen LogP) is 5.72. The molecule has 2 fully saturated rings. The number of aromatic nitrogens is 2. The lowest BCUT2D eigenvalue weighted by Crippen LogP contribution is -2.50. The lowest BCUT2D eigenvalue weighted by molar-refractivity contribution is -0.0916. The number of methoxy groups -OCH3 is 1. The van der Waals surface area contributed by atoms with Crippen LogP contribution in [-0.4, -0.2) is 34.2 Å². The Morgan fingerprint density at radius 3 is 2.73 bits per heavy atom. The Balaban J connectivity index is 1.46. The van der Waals surface area contributed by atoms with Crippen LogP contribution in [-0.2, 0) is 16.6 Å². The van der Waals surface area contributed by atoms with Gasteiger partial charge in [0.05, 0.1) is 29.6 Å². The second-order valence-corrected chi connectivity index (χ2v) is 10.9. The SMILES string of the molecule is COC[C@@]1(O)CC[C@@]2(CC3CC3)c3cc4cnn(-c5ccc(F)cc5)c4cc3CCC[C@H]2C1. The summed E-state index contributed by atoms with van der Waals surface area (Å²) in [5, 5.41) is 17.1. The Hall–Kier alpha value is -2.24. The number of benzene rings is 2. The van der Waals surface area contributed by atoms with Gasteiger partial charge in [-0.15, -0.1) is 0 Å². The Bertz CT molecular complexity index is 1170. The van der Waals surface area contributed by atoms with Crippen molar-refractivity contribution in [2.24, 2.45) is 11.8 Å². The predicted molar refractivity (Wildman–Crippen MR) is 127 cm³/mol. The summed E-state index contributed by atoms with van der Waals surface area (Å²) in [4.78, 5) is 0. The number of aliphatic hydroxyl groups is 1. The Kier molecular flexibility index (Phi) is 5.11. The van der Waals surface area contributed by atoms with Crippen molar-refractivity contribution in [3.63, 3.8) is 0 Å². The molecule has 3 aromatic rings. The van der Waals surface area contributed by atoms with Crippen LogP contribution in [0, 0.1) is 17.7 Å². The van der Waals surface area contributed by atoms with Crippen molar-refractivity contribution < 1.29 is 14.2 Å². The summed E-state index contributed by atoms with van der Waals surface area (Å²) >= 11 is 0. The third-order valence-corrected chi connectivity index (χ3v) is 8.61. The van der Waals surface area contributed by atoms with Crippen LogP contribution in [0.5, 0.6) is 0 Å². The molecule has 3 aliphatic rings. The van der Waals surface area contributed by atoms with Crippen molar-refractivity contribution in [3.8, 4) is 5.69 Å². The summed E-state index contributed by atoms with van der Waals surface area (Å²) in [6.07, 6.45) is 11.9. The highest BCUT2D eigenvalue weighted by molar-refractivity contribution is 5.82. The lowest BCUT2D eigenvalue weighted by atomic mass is 9.56. The highest BCUT2D eigenvalue weighted by Crippen LogP contribution is 2.57. The number of hydrogen-bond donors (Lipinski definition) is 1. The van der Waals surface area contributed by atoms with Crippen LogP contribution in [0.2, 0.25) is 0 Å². The van der Waals surface area contributed by atoms with Gasteiger partial charge in [-0.1, -0.05) is 12.8 Å². The average Bonchev–Trinajstić information content (AvgIpc) is 3.54. The minimum Gasteiger partial charge on any atom is -0.387 e. The summed E-state index contributed by atoms with van der Waals surface area (Å²) in [6.45, 7) is 0.430. The minimum absolute atomic E-state index is 0.138. The zero-order chi connectivity index (χ0) is 22.6. The summed E-state index contributed by atoms with van der Waals surface area (Å²) < 4.78 is 20.8. The standard InChI is InChI=1S/C28H33FN2O2/c1-33-18-27(32)11-12-28(15-19-5-6-19)22(16-27)4-2-3-20-14-26-21(13-25(20)28)17-30-31(26)24-9-7-23(29)8-10-24/h7-10,13-14,17,19,22,32H,2-6,11-12,15-16,18H2,1H3/t22-,27+,28-/m0/s1. The molecule has 174 valence electrons. The molecule has 6 rings (SSSR count). The van der Waals surface area contributed by atoms with Crippen molar-refractivity contribution in [1.82, 2.24) is 9.78 Å². The number of aryl methyl sites for hydroxylation is 1. The monoisotopic (exact) mass is 448 g/mol. The molecule has 33 heavy (non-hydrogen) atoms. The van der Waals surface area contributed by atoms with E-state index in [1.807, 2.05) is 10.9 Å². The van der Waals surface area contributed by atoms with E-state index in [1.165, 1.54) is 42.5 Å². The van der Waals surface area contributed by atoms with Gasteiger partial charge in [-0.05, 0) is 110 Å². The van der Waals surface area contributed by atoms with Gasteiger partial charge in [0.1, 0.15) is 5.82 Å². The number of halogens is 1. The van der Waals surface area contributed by atoms with Crippen LogP contribution in [0.3, 0.4) is 0 Å². The Morgan fingerprint density at radius 2 is 1.97 bits per heavy atom. The molecule has 4 nitrogen and oxygen atoms in total. The van der Waals surface area contributed by atoms with E-state index in [9.17, 15) is 9.50 Å². The van der Waals surface area contributed by atoms with E-state index in [0.29, 0.717) is 12.5 Å². The number of ether oxygens (including phenoxy) is 1. The fourth-order valence-electron chi connectivity index (χ4n) is 6.88. The zero-order valence-corrected chi connectivity index (χ0v) is 19.4. The first-order valence-electron chi connectivity index (χ1n) is 12.5. The summed E-state index contributed by atoms with van der Waals surface area (Å²) in [5.74, 6) is 1.07. The van der Waals surface area contributed by atoms with E-state index >= 15 is 0 Å². The Morgan fingerprint density at radius 1 is 1.15 bits per heavy atom. The lowest BCUT2D eigenvalue weighted by Gasteiger charge is -2.50.